The highest BCUT2D eigenvalue weighted by Gasteiger charge is 2.21. The van der Waals surface area contributed by atoms with Crippen molar-refractivity contribution in [2.75, 3.05) is 45.8 Å². The number of nitrogens with zero attached hydrogens (tertiary/aromatic N) is 3. The van der Waals surface area contributed by atoms with Gasteiger partial charge in [0.25, 0.3) is 0 Å². The number of amides is 2. The van der Waals surface area contributed by atoms with Gasteiger partial charge in [-0.1, -0.05) is 12.8 Å². The minimum atomic E-state index is 0.261. The Hall–Kier alpha value is -1.10. The highest BCUT2D eigenvalue weighted by molar-refractivity contribution is 5.78. The van der Waals surface area contributed by atoms with Crippen molar-refractivity contribution < 1.29 is 9.59 Å². The Morgan fingerprint density at radius 3 is 2.06 bits per heavy atom. The molecule has 2 aliphatic heterocycles. The van der Waals surface area contributed by atoms with Crippen molar-refractivity contribution in [1.82, 2.24) is 14.7 Å². The summed E-state index contributed by atoms with van der Waals surface area (Å²) in [6, 6.07) is 0. The minimum Gasteiger partial charge on any atom is -0.343 e. The van der Waals surface area contributed by atoms with Crippen LogP contribution < -0.4 is 0 Å². The summed E-state index contributed by atoms with van der Waals surface area (Å²) in [5, 5.41) is 0. The van der Waals surface area contributed by atoms with E-state index in [1.165, 1.54) is 12.8 Å². The molecule has 0 radical (unpaired) electrons. The number of carbonyl (C=O) groups excluding carboxylic acids is 2. The highest BCUT2D eigenvalue weighted by atomic mass is 16.2. The molecule has 2 fully saturated rings. The standard InChI is InChI=1S/C13H23N3O2/c17-12-15-9-7-14(8-10-15)11-13(18)16-5-3-1-2-4-6-16/h12H,1-11H2. The van der Waals surface area contributed by atoms with Gasteiger partial charge < -0.3 is 9.80 Å². The number of likely N-dealkylation sites (tertiary alicyclic amines) is 1. The molecule has 0 bridgehead atoms. The van der Waals surface area contributed by atoms with Gasteiger partial charge in [-0.3, -0.25) is 14.5 Å². The molecule has 0 N–H and O–H groups in total. The fourth-order valence-electron chi connectivity index (χ4n) is 2.64. The van der Waals surface area contributed by atoms with E-state index in [1.54, 1.807) is 4.90 Å². The number of carbonyl (C=O) groups is 2. The SMILES string of the molecule is O=CN1CCN(CC(=O)N2CCCCCC2)CC1. The lowest BCUT2D eigenvalue weighted by Crippen LogP contribution is -2.49. The van der Waals surface area contributed by atoms with Crippen LogP contribution in [0, 0.1) is 0 Å². The van der Waals surface area contributed by atoms with Crippen LogP contribution in [-0.2, 0) is 9.59 Å². The summed E-state index contributed by atoms with van der Waals surface area (Å²) in [6.45, 7) is 5.50. The van der Waals surface area contributed by atoms with Crippen molar-refractivity contribution in [2.24, 2.45) is 0 Å². The largest absolute Gasteiger partial charge is 0.343 e. The predicted molar refractivity (Wildman–Crippen MR) is 69.1 cm³/mol. The molecule has 18 heavy (non-hydrogen) atoms. The van der Waals surface area contributed by atoms with Crippen LogP contribution in [0.5, 0.6) is 0 Å². The van der Waals surface area contributed by atoms with Gasteiger partial charge in [-0.2, -0.15) is 0 Å². The van der Waals surface area contributed by atoms with Crippen LogP contribution in [0.25, 0.3) is 0 Å². The molecule has 2 aliphatic rings. The van der Waals surface area contributed by atoms with Crippen LogP contribution in [-0.4, -0.2) is 72.8 Å². The summed E-state index contributed by atoms with van der Waals surface area (Å²) < 4.78 is 0. The third-order valence-corrected chi connectivity index (χ3v) is 3.87. The monoisotopic (exact) mass is 253 g/mol. The van der Waals surface area contributed by atoms with Crippen molar-refractivity contribution in [3.05, 3.63) is 0 Å². The van der Waals surface area contributed by atoms with Crippen molar-refractivity contribution in [3.63, 3.8) is 0 Å². The number of piperazine rings is 1. The Morgan fingerprint density at radius 1 is 0.889 bits per heavy atom. The molecule has 0 saturated carbocycles. The molecule has 5 nitrogen and oxygen atoms in total. The Morgan fingerprint density at radius 2 is 1.50 bits per heavy atom. The van der Waals surface area contributed by atoms with Crippen molar-refractivity contribution in [3.8, 4) is 0 Å². The van der Waals surface area contributed by atoms with E-state index in [-0.39, 0.29) is 5.91 Å². The maximum absolute atomic E-state index is 12.2. The second-order valence-corrected chi connectivity index (χ2v) is 5.21. The Bertz CT molecular complexity index is 280. The summed E-state index contributed by atoms with van der Waals surface area (Å²) in [5.74, 6) is 0.261. The lowest BCUT2D eigenvalue weighted by Gasteiger charge is -2.33. The van der Waals surface area contributed by atoms with E-state index in [4.69, 9.17) is 0 Å². The zero-order chi connectivity index (χ0) is 12.8. The summed E-state index contributed by atoms with van der Waals surface area (Å²) >= 11 is 0. The topological polar surface area (TPSA) is 43.9 Å². The van der Waals surface area contributed by atoms with Gasteiger partial charge in [-0.25, -0.2) is 0 Å². The first-order valence-electron chi connectivity index (χ1n) is 6.99. The molecular formula is C13H23N3O2. The fraction of sp³-hybridized carbons (Fsp3) is 0.846. The second-order valence-electron chi connectivity index (χ2n) is 5.21. The quantitative estimate of drug-likeness (QED) is 0.673. The lowest BCUT2D eigenvalue weighted by atomic mass is 10.2. The minimum absolute atomic E-state index is 0.261. The normalized spacial score (nSPS) is 22.7. The smallest absolute Gasteiger partial charge is 0.236 e. The maximum atomic E-state index is 12.2. The molecule has 0 aromatic heterocycles. The Labute approximate surface area is 109 Å². The van der Waals surface area contributed by atoms with Gasteiger partial charge in [0.05, 0.1) is 6.54 Å². The van der Waals surface area contributed by atoms with E-state index in [0.29, 0.717) is 6.54 Å². The molecule has 0 aromatic rings. The van der Waals surface area contributed by atoms with Crippen molar-refractivity contribution >= 4 is 12.3 Å². The maximum Gasteiger partial charge on any atom is 0.236 e. The first-order valence-corrected chi connectivity index (χ1v) is 6.99. The number of rotatable bonds is 3. The molecule has 2 heterocycles. The van der Waals surface area contributed by atoms with Gasteiger partial charge in [0.15, 0.2) is 0 Å². The first-order chi connectivity index (χ1) is 8.79. The molecular weight excluding hydrogens is 230 g/mol. The molecule has 2 saturated heterocycles. The molecule has 0 atom stereocenters. The Kier molecular flexibility index (Phi) is 4.99. The zero-order valence-electron chi connectivity index (χ0n) is 11.0. The van der Waals surface area contributed by atoms with Crippen LogP contribution in [0.3, 0.4) is 0 Å². The van der Waals surface area contributed by atoms with Gasteiger partial charge in [-0.15, -0.1) is 0 Å². The average molecular weight is 253 g/mol. The van der Waals surface area contributed by atoms with Crippen molar-refractivity contribution in [1.29, 1.82) is 0 Å². The van der Waals surface area contributed by atoms with Crippen LogP contribution in [0.2, 0.25) is 0 Å². The number of hydrogen-bond acceptors (Lipinski definition) is 3. The van der Waals surface area contributed by atoms with Crippen LogP contribution in [0.15, 0.2) is 0 Å². The van der Waals surface area contributed by atoms with E-state index in [9.17, 15) is 9.59 Å². The second kappa shape index (κ2) is 6.73. The van der Waals surface area contributed by atoms with Gasteiger partial charge >= 0.3 is 0 Å². The summed E-state index contributed by atoms with van der Waals surface area (Å²) in [6.07, 6.45) is 5.69. The third kappa shape index (κ3) is 3.70. The molecule has 2 rings (SSSR count). The van der Waals surface area contributed by atoms with E-state index in [2.05, 4.69) is 4.90 Å². The zero-order valence-corrected chi connectivity index (χ0v) is 11.0. The van der Waals surface area contributed by atoms with Gasteiger partial charge in [0, 0.05) is 39.3 Å². The molecule has 0 unspecified atom stereocenters. The molecule has 0 aromatic carbocycles. The predicted octanol–water partition coefficient (Wildman–Crippen LogP) is 0.163. The van der Waals surface area contributed by atoms with E-state index in [1.807, 2.05) is 4.90 Å². The molecule has 102 valence electrons. The van der Waals surface area contributed by atoms with E-state index in [0.717, 1.165) is 58.5 Å². The molecule has 2 amide bonds. The molecule has 0 spiro atoms. The van der Waals surface area contributed by atoms with E-state index < -0.39 is 0 Å². The highest BCUT2D eigenvalue weighted by Crippen LogP contribution is 2.10. The molecule has 0 aliphatic carbocycles. The van der Waals surface area contributed by atoms with Crippen molar-refractivity contribution in [2.45, 2.75) is 25.7 Å². The van der Waals surface area contributed by atoms with Gasteiger partial charge in [-0.05, 0) is 12.8 Å². The molecule has 5 heteroatoms. The van der Waals surface area contributed by atoms with Crippen LogP contribution >= 0.6 is 0 Å². The average Bonchev–Trinajstić information content (AvgIpc) is 2.68. The fourth-order valence-corrected chi connectivity index (χ4v) is 2.64. The number of hydrogen-bond donors (Lipinski definition) is 0. The van der Waals surface area contributed by atoms with Crippen LogP contribution in [0.1, 0.15) is 25.7 Å². The first kappa shape index (κ1) is 13.3. The lowest BCUT2D eigenvalue weighted by molar-refractivity contribution is -0.133. The summed E-state index contributed by atoms with van der Waals surface area (Å²) in [5.41, 5.74) is 0. The van der Waals surface area contributed by atoms with Gasteiger partial charge in [0.2, 0.25) is 12.3 Å². The van der Waals surface area contributed by atoms with E-state index >= 15 is 0 Å². The summed E-state index contributed by atoms with van der Waals surface area (Å²) in [7, 11) is 0. The van der Waals surface area contributed by atoms with Gasteiger partial charge in [0.1, 0.15) is 0 Å². The summed E-state index contributed by atoms with van der Waals surface area (Å²) in [4.78, 5) is 28.7. The Balaban J connectivity index is 1.75. The van der Waals surface area contributed by atoms with Crippen LogP contribution in [0.4, 0.5) is 0 Å². The third-order valence-electron chi connectivity index (χ3n) is 3.87.